The van der Waals surface area contributed by atoms with Gasteiger partial charge in [0, 0.05) is 11.1 Å². The number of aliphatic imine (C=N–C) groups is 1. The Morgan fingerprint density at radius 1 is 0.794 bits per heavy atom. The van der Waals surface area contributed by atoms with Gasteiger partial charge in [0.25, 0.3) is 0 Å². The quantitative estimate of drug-likeness (QED) is 0.351. The Morgan fingerprint density at radius 2 is 1.47 bits per heavy atom. The Labute approximate surface area is 197 Å². The summed E-state index contributed by atoms with van der Waals surface area (Å²) in [5.41, 5.74) is 2.77. The molecule has 0 saturated heterocycles. The Bertz CT molecular complexity index is 1680. The van der Waals surface area contributed by atoms with E-state index >= 15 is 0 Å². The fourth-order valence-electron chi connectivity index (χ4n) is 3.82. The Morgan fingerprint density at radius 3 is 2.18 bits per heavy atom. The van der Waals surface area contributed by atoms with E-state index in [0.29, 0.717) is 16.8 Å². The van der Waals surface area contributed by atoms with Gasteiger partial charge in [0.15, 0.2) is 10.1 Å². The lowest BCUT2D eigenvalue weighted by molar-refractivity contribution is 0.587. The summed E-state index contributed by atoms with van der Waals surface area (Å²) in [4.78, 5) is 12.6. The first kappa shape index (κ1) is 22.1. The van der Waals surface area contributed by atoms with Crippen molar-refractivity contribution < 1.29 is 16.8 Å². The van der Waals surface area contributed by atoms with Crippen LogP contribution in [0.2, 0.25) is 0 Å². The molecule has 5 rings (SSSR count). The van der Waals surface area contributed by atoms with Crippen LogP contribution in [0.1, 0.15) is 22.3 Å². The zero-order valence-corrected chi connectivity index (χ0v) is 19.9. The number of nitrogens with zero attached hydrogens (tertiary/aromatic N) is 3. The molecule has 7 nitrogen and oxygen atoms in total. The lowest BCUT2D eigenvalue weighted by Gasteiger charge is -2.10. The molecule has 0 spiro atoms. The molecule has 9 heteroatoms. The third-order valence-corrected chi connectivity index (χ3v) is 8.99. The fraction of sp³-hybridized carbons (Fsp3) is 0.0800. The van der Waals surface area contributed by atoms with E-state index in [2.05, 4.69) is 15.0 Å². The minimum Gasteiger partial charge on any atom is -0.242 e. The van der Waals surface area contributed by atoms with Crippen LogP contribution in [-0.4, -0.2) is 32.5 Å². The number of hydrogen-bond donors (Lipinski definition) is 0. The summed E-state index contributed by atoms with van der Waals surface area (Å²) >= 11 is 0. The van der Waals surface area contributed by atoms with Crippen molar-refractivity contribution in [2.75, 3.05) is 0 Å². The highest BCUT2D eigenvalue weighted by molar-refractivity contribution is 7.92. The van der Waals surface area contributed by atoms with Crippen LogP contribution in [0.25, 0.3) is 0 Å². The predicted molar refractivity (Wildman–Crippen MR) is 127 cm³/mol. The molecule has 0 fully saturated rings. The van der Waals surface area contributed by atoms with Crippen LogP contribution in [0.4, 0.5) is 5.69 Å². The Hall–Kier alpha value is -3.69. The van der Waals surface area contributed by atoms with E-state index in [4.69, 9.17) is 0 Å². The van der Waals surface area contributed by atoms with Crippen LogP contribution in [0.3, 0.4) is 0 Å². The molecule has 1 aromatic heterocycles. The summed E-state index contributed by atoms with van der Waals surface area (Å²) in [5.74, 6) is 0. The lowest BCUT2D eigenvalue weighted by atomic mass is 10.0. The van der Waals surface area contributed by atoms with Gasteiger partial charge in [0.1, 0.15) is 12.0 Å². The normalized spacial score (nSPS) is 14.5. The molecule has 0 unspecified atom stereocenters. The van der Waals surface area contributed by atoms with Crippen LogP contribution in [0.5, 0.6) is 0 Å². The summed E-state index contributed by atoms with van der Waals surface area (Å²) < 4.78 is 54.5. The zero-order chi connectivity index (χ0) is 24.1. The van der Waals surface area contributed by atoms with E-state index in [1.165, 1.54) is 18.2 Å². The SMILES string of the molecule is Cc1ccc(S(=O)(=O)c2ncnc3c2N=C(c2ccccc2)c2cc(C)ccc2S3(=O)=O)cc1. The van der Waals surface area contributed by atoms with Gasteiger partial charge < -0.3 is 0 Å². The molecule has 34 heavy (non-hydrogen) atoms. The maximum Gasteiger partial charge on any atom is 0.226 e. The third-order valence-electron chi connectivity index (χ3n) is 5.55. The highest BCUT2D eigenvalue weighted by atomic mass is 32.2. The molecule has 0 bridgehead atoms. The molecule has 1 aliphatic rings. The molecule has 0 atom stereocenters. The fourth-order valence-corrected chi connectivity index (χ4v) is 6.67. The standard InChI is InChI=1S/C25H19N3O4S2/c1-16-8-11-19(12-9-16)33(29,30)24-23-25(27-15-26-24)34(31,32)21-13-10-17(2)14-20(21)22(28-23)18-6-4-3-5-7-18/h3-15H,1-2H3. The maximum atomic E-state index is 13.7. The number of rotatable bonds is 3. The van der Waals surface area contributed by atoms with E-state index < -0.39 is 29.7 Å². The average Bonchev–Trinajstić information content (AvgIpc) is 2.92. The van der Waals surface area contributed by atoms with Gasteiger partial charge in [-0.2, -0.15) is 0 Å². The van der Waals surface area contributed by atoms with Gasteiger partial charge in [-0.3, -0.25) is 0 Å². The zero-order valence-electron chi connectivity index (χ0n) is 18.3. The summed E-state index contributed by atoms with van der Waals surface area (Å²) in [6, 6.07) is 20.2. The minimum absolute atomic E-state index is 0.00883. The number of aromatic nitrogens is 2. The van der Waals surface area contributed by atoms with E-state index in [0.717, 1.165) is 17.5 Å². The molecule has 4 aromatic rings. The van der Waals surface area contributed by atoms with Gasteiger partial charge in [0.05, 0.1) is 15.5 Å². The van der Waals surface area contributed by atoms with E-state index in [-0.39, 0.29) is 15.5 Å². The van der Waals surface area contributed by atoms with Crippen molar-refractivity contribution in [2.24, 2.45) is 4.99 Å². The topological polar surface area (TPSA) is 106 Å². The second-order valence-corrected chi connectivity index (χ2v) is 11.7. The van der Waals surface area contributed by atoms with Gasteiger partial charge in [0.2, 0.25) is 19.7 Å². The minimum atomic E-state index is -4.20. The summed E-state index contributed by atoms with van der Waals surface area (Å²) in [7, 11) is -8.38. The summed E-state index contributed by atoms with van der Waals surface area (Å²) in [6.45, 7) is 3.69. The molecular weight excluding hydrogens is 470 g/mol. The summed E-state index contributed by atoms with van der Waals surface area (Å²) in [6.07, 6.45) is 0.953. The number of sulfone groups is 2. The van der Waals surface area contributed by atoms with Crippen LogP contribution >= 0.6 is 0 Å². The Kier molecular flexibility index (Phi) is 5.18. The molecular formula is C25H19N3O4S2. The molecule has 1 aliphatic heterocycles. The second-order valence-electron chi connectivity index (χ2n) is 7.98. The third kappa shape index (κ3) is 3.53. The molecule has 0 radical (unpaired) electrons. The van der Waals surface area contributed by atoms with E-state index in [1.54, 1.807) is 48.5 Å². The van der Waals surface area contributed by atoms with Crippen LogP contribution in [0.15, 0.2) is 104 Å². The largest absolute Gasteiger partial charge is 0.242 e. The van der Waals surface area contributed by atoms with Crippen molar-refractivity contribution in [3.8, 4) is 0 Å². The molecule has 3 aromatic carbocycles. The molecule has 170 valence electrons. The maximum absolute atomic E-state index is 13.7. The second kappa shape index (κ2) is 7.96. The first-order valence-electron chi connectivity index (χ1n) is 10.4. The van der Waals surface area contributed by atoms with Gasteiger partial charge in [-0.15, -0.1) is 0 Å². The molecule has 0 aliphatic carbocycles. The molecule has 0 saturated carbocycles. The number of hydrogen-bond acceptors (Lipinski definition) is 7. The predicted octanol–water partition coefficient (Wildman–Crippen LogP) is 4.24. The highest BCUT2D eigenvalue weighted by Crippen LogP contribution is 2.40. The number of aryl methyl sites for hydroxylation is 2. The van der Waals surface area contributed by atoms with Crippen molar-refractivity contribution >= 4 is 31.1 Å². The van der Waals surface area contributed by atoms with E-state index in [9.17, 15) is 16.8 Å². The number of fused-ring (bicyclic) bond motifs is 2. The van der Waals surface area contributed by atoms with Crippen LogP contribution in [0, 0.1) is 13.8 Å². The lowest BCUT2D eigenvalue weighted by Crippen LogP contribution is -2.11. The van der Waals surface area contributed by atoms with Crippen LogP contribution in [-0.2, 0) is 19.7 Å². The van der Waals surface area contributed by atoms with Crippen LogP contribution < -0.4 is 0 Å². The first-order valence-corrected chi connectivity index (χ1v) is 13.3. The highest BCUT2D eigenvalue weighted by Gasteiger charge is 2.36. The Balaban J connectivity index is 1.89. The van der Waals surface area contributed by atoms with Gasteiger partial charge in [-0.05, 0) is 38.1 Å². The molecule has 2 heterocycles. The van der Waals surface area contributed by atoms with Crippen molar-refractivity contribution in [1.82, 2.24) is 9.97 Å². The monoisotopic (exact) mass is 489 g/mol. The van der Waals surface area contributed by atoms with Gasteiger partial charge in [-0.1, -0.05) is 59.7 Å². The molecule has 0 amide bonds. The summed E-state index contributed by atoms with van der Waals surface area (Å²) in [5, 5.41) is -0.896. The average molecular weight is 490 g/mol. The van der Waals surface area contributed by atoms with Crippen molar-refractivity contribution in [2.45, 2.75) is 33.7 Å². The molecule has 0 N–H and O–H groups in total. The van der Waals surface area contributed by atoms with Gasteiger partial charge in [-0.25, -0.2) is 31.8 Å². The van der Waals surface area contributed by atoms with Gasteiger partial charge >= 0.3 is 0 Å². The van der Waals surface area contributed by atoms with Crippen molar-refractivity contribution in [3.05, 3.63) is 101 Å². The van der Waals surface area contributed by atoms with E-state index in [1.807, 2.05) is 19.9 Å². The smallest absolute Gasteiger partial charge is 0.226 e. The van der Waals surface area contributed by atoms with Crippen molar-refractivity contribution in [3.63, 3.8) is 0 Å². The first-order chi connectivity index (χ1) is 16.2. The number of benzene rings is 3. The van der Waals surface area contributed by atoms with Crippen molar-refractivity contribution in [1.29, 1.82) is 0 Å².